The van der Waals surface area contributed by atoms with E-state index in [-0.39, 0.29) is 11.9 Å². The summed E-state index contributed by atoms with van der Waals surface area (Å²) < 4.78 is 1.95. The quantitative estimate of drug-likeness (QED) is 0.883. The van der Waals surface area contributed by atoms with Crippen molar-refractivity contribution < 1.29 is 9.90 Å². The van der Waals surface area contributed by atoms with Gasteiger partial charge in [-0.05, 0) is 38.8 Å². The van der Waals surface area contributed by atoms with Crippen LogP contribution in [0.15, 0.2) is 24.3 Å². The van der Waals surface area contributed by atoms with E-state index in [9.17, 15) is 9.90 Å². The monoisotopic (exact) mass is 342 g/mol. The minimum absolute atomic E-state index is 0.0130. The maximum atomic E-state index is 12.6. The minimum atomic E-state index is -0.436. The van der Waals surface area contributed by atoms with Gasteiger partial charge in [0.05, 0.1) is 23.5 Å². The Labute approximate surface area is 148 Å². The Morgan fingerprint density at radius 3 is 2.72 bits per heavy atom. The van der Waals surface area contributed by atoms with Crippen LogP contribution in [-0.4, -0.2) is 51.4 Å². The number of benzene rings is 1. The van der Waals surface area contributed by atoms with E-state index >= 15 is 0 Å². The first kappa shape index (κ1) is 17.6. The molecular formula is C19H26N4O2. The molecular weight excluding hydrogens is 316 g/mol. The van der Waals surface area contributed by atoms with Crippen LogP contribution in [0.3, 0.4) is 0 Å². The molecule has 1 amide bonds. The smallest absolute Gasteiger partial charge is 0.239 e. The van der Waals surface area contributed by atoms with Gasteiger partial charge in [-0.2, -0.15) is 5.10 Å². The Kier molecular flexibility index (Phi) is 4.92. The third-order valence-corrected chi connectivity index (χ3v) is 4.96. The summed E-state index contributed by atoms with van der Waals surface area (Å²) in [5.74, 6) is 0.0130. The lowest BCUT2D eigenvalue weighted by molar-refractivity contribution is -0.132. The van der Waals surface area contributed by atoms with Crippen LogP contribution in [0.25, 0.3) is 5.69 Å². The van der Waals surface area contributed by atoms with Gasteiger partial charge in [-0.15, -0.1) is 0 Å². The molecule has 3 rings (SSSR count). The van der Waals surface area contributed by atoms with Gasteiger partial charge in [-0.3, -0.25) is 4.79 Å². The molecule has 1 fully saturated rings. The lowest BCUT2D eigenvalue weighted by Crippen LogP contribution is -2.41. The van der Waals surface area contributed by atoms with Gasteiger partial charge in [-0.25, -0.2) is 4.68 Å². The number of rotatable bonds is 4. The molecule has 2 heterocycles. The number of β-amino-alcohol motifs (C(OH)–C–C–N with tert-alkyl or cyclic N) is 1. The van der Waals surface area contributed by atoms with E-state index in [4.69, 9.17) is 0 Å². The first-order valence-corrected chi connectivity index (χ1v) is 8.66. The summed E-state index contributed by atoms with van der Waals surface area (Å²) in [6.45, 7) is 7.08. The average molecular weight is 342 g/mol. The zero-order valence-electron chi connectivity index (χ0n) is 15.3. The van der Waals surface area contributed by atoms with Gasteiger partial charge in [0, 0.05) is 31.4 Å². The third kappa shape index (κ3) is 3.45. The molecule has 6 heteroatoms. The number of carbonyl (C=O) groups excluding carboxylic acids is 1. The van der Waals surface area contributed by atoms with Crippen LogP contribution < -0.4 is 5.32 Å². The fourth-order valence-electron chi connectivity index (χ4n) is 3.43. The number of hydrogen-bond acceptors (Lipinski definition) is 4. The number of nitrogens with one attached hydrogen (secondary N) is 1. The van der Waals surface area contributed by atoms with Crippen molar-refractivity contribution in [1.29, 1.82) is 0 Å². The number of hydrogen-bond donors (Lipinski definition) is 2. The van der Waals surface area contributed by atoms with E-state index in [1.54, 1.807) is 11.9 Å². The van der Waals surface area contributed by atoms with Crippen molar-refractivity contribution in [1.82, 2.24) is 20.0 Å². The molecule has 0 radical (unpaired) electrons. The lowest BCUT2D eigenvalue weighted by atomic mass is 10.1. The molecule has 134 valence electrons. The number of nitrogens with zero attached hydrogens (tertiary/aromatic N) is 3. The molecule has 2 aromatic rings. The van der Waals surface area contributed by atoms with E-state index in [1.165, 1.54) is 0 Å². The predicted octanol–water partition coefficient (Wildman–Crippen LogP) is 1.48. The lowest BCUT2D eigenvalue weighted by Gasteiger charge is -2.21. The van der Waals surface area contributed by atoms with Crippen LogP contribution in [0.4, 0.5) is 0 Å². The number of aliphatic hydroxyl groups is 1. The second-order valence-electron chi connectivity index (χ2n) is 6.89. The van der Waals surface area contributed by atoms with Crippen molar-refractivity contribution in [3.63, 3.8) is 0 Å². The first-order chi connectivity index (χ1) is 11.9. The molecule has 2 atom stereocenters. The van der Waals surface area contributed by atoms with Crippen molar-refractivity contribution in [3.8, 4) is 5.69 Å². The van der Waals surface area contributed by atoms with Crippen molar-refractivity contribution in [2.45, 2.75) is 45.9 Å². The number of amides is 1. The van der Waals surface area contributed by atoms with Crippen molar-refractivity contribution in [3.05, 3.63) is 46.8 Å². The maximum absolute atomic E-state index is 12.6. The average Bonchev–Trinajstić information content (AvgIpc) is 3.13. The van der Waals surface area contributed by atoms with Gasteiger partial charge in [0.15, 0.2) is 0 Å². The number of carbonyl (C=O) groups is 1. The molecule has 2 unspecified atom stereocenters. The highest BCUT2D eigenvalue weighted by Crippen LogP contribution is 2.22. The van der Waals surface area contributed by atoms with E-state index in [0.29, 0.717) is 19.5 Å². The molecule has 0 saturated carbocycles. The van der Waals surface area contributed by atoms with Crippen LogP contribution in [0, 0.1) is 20.8 Å². The SMILES string of the molecule is Cc1ccccc1-n1nc(C)c(CN(C)C(=O)C2CC(O)CN2)c1C. The first-order valence-electron chi connectivity index (χ1n) is 8.66. The van der Waals surface area contributed by atoms with Gasteiger partial charge in [-0.1, -0.05) is 18.2 Å². The Balaban J connectivity index is 1.81. The zero-order valence-corrected chi connectivity index (χ0v) is 15.3. The molecule has 0 aliphatic carbocycles. The fourth-order valence-corrected chi connectivity index (χ4v) is 3.43. The van der Waals surface area contributed by atoms with Crippen LogP contribution in [0.2, 0.25) is 0 Å². The van der Waals surface area contributed by atoms with E-state index < -0.39 is 6.10 Å². The highest BCUT2D eigenvalue weighted by Gasteiger charge is 2.30. The Morgan fingerprint density at radius 1 is 1.36 bits per heavy atom. The molecule has 25 heavy (non-hydrogen) atoms. The van der Waals surface area contributed by atoms with Crippen molar-refractivity contribution >= 4 is 5.91 Å². The standard InChI is InChI=1S/C19H26N4O2/c1-12-7-5-6-8-18(12)23-14(3)16(13(2)21-23)11-22(4)19(25)17-9-15(24)10-20-17/h5-8,15,17,20,24H,9-11H2,1-4H3. The summed E-state index contributed by atoms with van der Waals surface area (Å²) in [4.78, 5) is 14.3. The molecule has 6 nitrogen and oxygen atoms in total. The normalized spacial score (nSPS) is 20.0. The summed E-state index contributed by atoms with van der Waals surface area (Å²) in [6, 6.07) is 7.84. The Hall–Kier alpha value is -2.18. The molecule has 1 aliphatic rings. The van der Waals surface area contributed by atoms with Gasteiger partial charge in [0.25, 0.3) is 0 Å². The molecule has 1 aromatic heterocycles. The van der Waals surface area contributed by atoms with Crippen LogP contribution in [0.1, 0.15) is 28.9 Å². The summed E-state index contributed by atoms with van der Waals surface area (Å²) in [7, 11) is 1.80. The van der Waals surface area contributed by atoms with Crippen LogP contribution in [-0.2, 0) is 11.3 Å². The second-order valence-corrected chi connectivity index (χ2v) is 6.89. The molecule has 1 aromatic carbocycles. The van der Waals surface area contributed by atoms with Crippen LogP contribution >= 0.6 is 0 Å². The van der Waals surface area contributed by atoms with Crippen molar-refractivity contribution in [2.75, 3.05) is 13.6 Å². The molecule has 0 spiro atoms. The minimum Gasteiger partial charge on any atom is -0.392 e. The third-order valence-electron chi connectivity index (χ3n) is 4.96. The van der Waals surface area contributed by atoms with Crippen LogP contribution in [0.5, 0.6) is 0 Å². The number of para-hydroxylation sites is 1. The topological polar surface area (TPSA) is 70.4 Å². The van der Waals surface area contributed by atoms with Gasteiger partial charge in [0.2, 0.25) is 5.91 Å². The fraction of sp³-hybridized carbons (Fsp3) is 0.474. The highest BCUT2D eigenvalue weighted by atomic mass is 16.3. The van der Waals surface area contributed by atoms with E-state index in [1.807, 2.05) is 30.7 Å². The summed E-state index contributed by atoms with van der Waals surface area (Å²) >= 11 is 0. The number of aliphatic hydroxyl groups excluding tert-OH is 1. The molecule has 1 aliphatic heterocycles. The van der Waals surface area contributed by atoms with Gasteiger partial charge >= 0.3 is 0 Å². The number of likely N-dealkylation sites (N-methyl/N-ethyl adjacent to an activating group) is 1. The molecule has 0 bridgehead atoms. The maximum Gasteiger partial charge on any atom is 0.239 e. The Morgan fingerprint density at radius 2 is 2.08 bits per heavy atom. The van der Waals surface area contributed by atoms with E-state index in [0.717, 1.165) is 28.2 Å². The Bertz CT molecular complexity index is 784. The number of aryl methyl sites for hydroxylation is 2. The highest BCUT2D eigenvalue weighted by molar-refractivity contribution is 5.82. The second kappa shape index (κ2) is 6.98. The molecule has 1 saturated heterocycles. The summed E-state index contributed by atoms with van der Waals surface area (Å²) in [6.07, 6.45) is 0.0403. The summed E-state index contributed by atoms with van der Waals surface area (Å²) in [5, 5.41) is 17.4. The largest absolute Gasteiger partial charge is 0.392 e. The van der Waals surface area contributed by atoms with E-state index in [2.05, 4.69) is 29.5 Å². The predicted molar refractivity (Wildman–Crippen MR) is 96.7 cm³/mol. The van der Waals surface area contributed by atoms with Gasteiger partial charge < -0.3 is 15.3 Å². The number of aromatic nitrogens is 2. The summed E-state index contributed by atoms with van der Waals surface area (Å²) in [5.41, 5.74) is 5.26. The van der Waals surface area contributed by atoms with Crippen molar-refractivity contribution in [2.24, 2.45) is 0 Å². The zero-order chi connectivity index (χ0) is 18.1. The van der Waals surface area contributed by atoms with Gasteiger partial charge in [0.1, 0.15) is 0 Å². The molecule has 2 N–H and O–H groups in total.